The topological polar surface area (TPSA) is 35.5 Å². The van der Waals surface area contributed by atoms with Gasteiger partial charge in [0.05, 0.1) is 0 Å². The van der Waals surface area contributed by atoms with Gasteiger partial charge < -0.3 is 8.85 Å². The van der Waals surface area contributed by atoms with Gasteiger partial charge in [-0.1, -0.05) is 12.2 Å². The standard InChI is InChI=1S/C11H18O3Si/c1-3-4-7-10(2)11(12)14-15-9-6-5-8-13-15/h3,7,15H,1,4-6,8-9H2,2H3. The first-order valence-electron chi connectivity index (χ1n) is 5.34. The highest BCUT2D eigenvalue weighted by atomic mass is 28.3. The van der Waals surface area contributed by atoms with Gasteiger partial charge in [-0.15, -0.1) is 6.58 Å². The molecular weight excluding hydrogens is 208 g/mol. The number of rotatable bonds is 4. The van der Waals surface area contributed by atoms with E-state index in [4.69, 9.17) is 8.85 Å². The van der Waals surface area contributed by atoms with E-state index in [1.54, 1.807) is 13.0 Å². The van der Waals surface area contributed by atoms with Crippen LogP contribution < -0.4 is 0 Å². The molecule has 4 heteroatoms. The second-order valence-corrected chi connectivity index (χ2v) is 5.62. The van der Waals surface area contributed by atoms with Gasteiger partial charge in [0.1, 0.15) is 0 Å². The van der Waals surface area contributed by atoms with Gasteiger partial charge in [0.2, 0.25) is 0 Å². The van der Waals surface area contributed by atoms with Crippen LogP contribution >= 0.6 is 0 Å². The van der Waals surface area contributed by atoms with Crippen LogP contribution in [0.25, 0.3) is 0 Å². The molecule has 0 radical (unpaired) electrons. The zero-order valence-electron chi connectivity index (χ0n) is 9.20. The molecule has 0 aromatic heterocycles. The fourth-order valence-corrected chi connectivity index (χ4v) is 3.19. The summed E-state index contributed by atoms with van der Waals surface area (Å²) in [6, 6.07) is 0.945. The minimum absolute atomic E-state index is 0.226. The van der Waals surface area contributed by atoms with Crippen LogP contribution in [-0.2, 0) is 13.6 Å². The summed E-state index contributed by atoms with van der Waals surface area (Å²) in [5, 5.41) is 0. The molecule has 0 saturated carbocycles. The van der Waals surface area contributed by atoms with Gasteiger partial charge in [0, 0.05) is 12.2 Å². The van der Waals surface area contributed by atoms with Gasteiger partial charge in [-0.2, -0.15) is 0 Å². The van der Waals surface area contributed by atoms with Gasteiger partial charge in [-0.3, -0.25) is 0 Å². The van der Waals surface area contributed by atoms with Crippen LogP contribution in [0.4, 0.5) is 0 Å². The minimum atomic E-state index is -1.69. The molecular formula is C11H18O3Si. The highest BCUT2D eigenvalue weighted by Gasteiger charge is 2.21. The van der Waals surface area contributed by atoms with Crippen molar-refractivity contribution >= 4 is 15.3 Å². The first-order valence-corrected chi connectivity index (χ1v) is 7.10. The van der Waals surface area contributed by atoms with Crippen molar-refractivity contribution in [1.29, 1.82) is 0 Å². The van der Waals surface area contributed by atoms with E-state index in [-0.39, 0.29) is 5.97 Å². The fraction of sp³-hybridized carbons (Fsp3) is 0.545. The predicted octanol–water partition coefficient (Wildman–Crippen LogP) is 2.08. The van der Waals surface area contributed by atoms with E-state index in [0.29, 0.717) is 12.0 Å². The summed E-state index contributed by atoms with van der Waals surface area (Å²) in [6.45, 7) is 6.11. The van der Waals surface area contributed by atoms with E-state index in [2.05, 4.69) is 6.58 Å². The molecule has 3 nitrogen and oxygen atoms in total. The third-order valence-corrected chi connectivity index (χ3v) is 4.25. The van der Waals surface area contributed by atoms with Crippen LogP contribution in [0, 0.1) is 0 Å². The maximum Gasteiger partial charge on any atom is 0.385 e. The summed E-state index contributed by atoms with van der Waals surface area (Å²) in [5.41, 5.74) is 0.650. The Balaban J connectivity index is 2.36. The fourth-order valence-electron chi connectivity index (χ4n) is 1.36. The first kappa shape index (κ1) is 12.2. The first-order chi connectivity index (χ1) is 7.24. The molecule has 0 N–H and O–H groups in total. The number of hydrogen-bond donors (Lipinski definition) is 0. The van der Waals surface area contributed by atoms with Crippen molar-refractivity contribution < 1.29 is 13.6 Å². The third kappa shape index (κ3) is 4.44. The highest BCUT2D eigenvalue weighted by Crippen LogP contribution is 2.13. The second kappa shape index (κ2) is 6.58. The third-order valence-electron chi connectivity index (χ3n) is 2.29. The molecule has 1 saturated heterocycles. The molecule has 1 unspecified atom stereocenters. The Morgan fingerprint density at radius 2 is 2.40 bits per heavy atom. The lowest BCUT2D eigenvalue weighted by Gasteiger charge is -2.20. The molecule has 0 aromatic rings. The molecule has 1 aliphatic heterocycles. The van der Waals surface area contributed by atoms with Crippen LogP contribution in [0.2, 0.25) is 6.04 Å². The Labute approximate surface area is 92.6 Å². The van der Waals surface area contributed by atoms with Crippen molar-refractivity contribution in [3.63, 3.8) is 0 Å². The Morgan fingerprint density at radius 1 is 1.60 bits per heavy atom. The molecule has 15 heavy (non-hydrogen) atoms. The van der Waals surface area contributed by atoms with Gasteiger partial charge in [0.25, 0.3) is 0 Å². The molecule has 1 heterocycles. The Morgan fingerprint density at radius 3 is 3.00 bits per heavy atom. The van der Waals surface area contributed by atoms with Crippen molar-refractivity contribution in [2.24, 2.45) is 0 Å². The van der Waals surface area contributed by atoms with Crippen LogP contribution in [0.5, 0.6) is 0 Å². The minimum Gasteiger partial charge on any atom is -0.493 e. The average molecular weight is 226 g/mol. The van der Waals surface area contributed by atoms with E-state index in [1.165, 1.54) is 0 Å². The normalized spacial score (nSPS) is 22.2. The molecule has 1 rings (SSSR count). The van der Waals surface area contributed by atoms with Gasteiger partial charge >= 0.3 is 15.3 Å². The number of carbonyl (C=O) groups is 1. The van der Waals surface area contributed by atoms with Crippen LogP contribution in [0.15, 0.2) is 24.3 Å². The zero-order valence-corrected chi connectivity index (χ0v) is 10.4. The van der Waals surface area contributed by atoms with Crippen LogP contribution in [0.1, 0.15) is 26.2 Å². The van der Waals surface area contributed by atoms with Crippen molar-refractivity contribution in [3.05, 3.63) is 24.3 Å². The van der Waals surface area contributed by atoms with Gasteiger partial charge in [-0.25, -0.2) is 4.79 Å². The molecule has 0 bridgehead atoms. The predicted molar refractivity (Wildman–Crippen MR) is 61.8 cm³/mol. The lowest BCUT2D eigenvalue weighted by Crippen LogP contribution is -2.30. The molecule has 84 valence electrons. The largest absolute Gasteiger partial charge is 0.493 e. The van der Waals surface area contributed by atoms with E-state index in [9.17, 15) is 4.79 Å². The highest BCUT2D eigenvalue weighted by molar-refractivity contribution is 6.47. The second-order valence-electron chi connectivity index (χ2n) is 3.61. The quantitative estimate of drug-likeness (QED) is 0.418. The smallest absolute Gasteiger partial charge is 0.385 e. The van der Waals surface area contributed by atoms with E-state index < -0.39 is 9.28 Å². The maximum atomic E-state index is 11.5. The molecule has 1 aliphatic rings. The number of allylic oxidation sites excluding steroid dienone is 2. The Kier molecular flexibility index (Phi) is 5.35. The van der Waals surface area contributed by atoms with E-state index in [0.717, 1.165) is 25.5 Å². The monoisotopic (exact) mass is 226 g/mol. The maximum absolute atomic E-state index is 11.5. The Bertz CT molecular complexity index is 255. The molecule has 0 aliphatic carbocycles. The lowest BCUT2D eigenvalue weighted by molar-refractivity contribution is -0.131. The Hall–Kier alpha value is -0.873. The van der Waals surface area contributed by atoms with Crippen molar-refractivity contribution in [2.45, 2.75) is 32.2 Å². The van der Waals surface area contributed by atoms with Crippen molar-refractivity contribution in [2.75, 3.05) is 6.61 Å². The van der Waals surface area contributed by atoms with Gasteiger partial charge in [-0.05, 0) is 32.2 Å². The summed E-state index contributed by atoms with van der Waals surface area (Å²) in [4.78, 5) is 11.5. The van der Waals surface area contributed by atoms with Crippen LogP contribution in [-0.4, -0.2) is 21.9 Å². The summed E-state index contributed by atoms with van der Waals surface area (Å²) < 4.78 is 10.8. The van der Waals surface area contributed by atoms with E-state index in [1.807, 2.05) is 6.08 Å². The SMILES string of the molecule is C=CCC=C(C)C(=O)O[SiH]1CCCCO1. The van der Waals surface area contributed by atoms with Crippen molar-refractivity contribution in [3.8, 4) is 0 Å². The summed E-state index contributed by atoms with van der Waals surface area (Å²) in [7, 11) is -1.69. The summed E-state index contributed by atoms with van der Waals surface area (Å²) >= 11 is 0. The number of carbonyl (C=O) groups excluding carboxylic acids is 1. The molecule has 0 spiro atoms. The van der Waals surface area contributed by atoms with Crippen molar-refractivity contribution in [1.82, 2.24) is 0 Å². The van der Waals surface area contributed by atoms with Crippen LogP contribution in [0.3, 0.4) is 0 Å². The van der Waals surface area contributed by atoms with Gasteiger partial charge in [0.15, 0.2) is 0 Å². The zero-order chi connectivity index (χ0) is 11.1. The molecule has 1 atom stereocenters. The number of hydrogen-bond acceptors (Lipinski definition) is 3. The summed E-state index contributed by atoms with van der Waals surface area (Å²) in [6.07, 6.45) is 6.50. The summed E-state index contributed by atoms with van der Waals surface area (Å²) in [5.74, 6) is -0.226. The molecule has 0 amide bonds. The lowest BCUT2D eigenvalue weighted by atomic mass is 10.2. The molecule has 1 fully saturated rings. The average Bonchev–Trinajstić information content (AvgIpc) is 2.27. The van der Waals surface area contributed by atoms with E-state index >= 15 is 0 Å². The molecule has 0 aromatic carbocycles.